The Morgan fingerprint density at radius 3 is 2.67 bits per heavy atom. The zero-order valence-electron chi connectivity index (χ0n) is 14.4. The van der Waals surface area contributed by atoms with Gasteiger partial charge in [0.15, 0.2) is 5.69 Å². The van der Waals surface area contributed by atoms with Crippen LogP contribution in [0.5, 0.6) is 0 Å². The lowest BCUT2D eigenvalue weighted by atomic mass is 10.1. The third kappa shape index (κ3) is 3.74. The highest BCUT2D eigenvalue weighted by molar-refractivity contribution is 6.03. The topological polar surface area (TPSA) is 107 Å². The van der Waals surface area contributed by atoms with E-state index in [4.69, 9.17) is 9.05 Å². The summed E-state index contributed by atoms with van der Waals surface area (Å²) in [7, 11) is 0. The minimum absolute atomic E-state index is 0.222. The number of hydrogen-bond acceptors (Lipinski definition) is 7. The molecule has 4 rings (SSSR count). The number of anilines is 1. The minimum Gasteiger partial charge on any atom is -0.361 e. The van der Waals surface area contributed by atoms with Crippen molar-refractivity contribution < 1.29 is 13.8 Å². The lowest BCUT2D eigenvalue weighted by Gasteiger charge is -2.08. The first kappa shape index (κ1) is 16.6. The number of aromatic nitrogens is 4. The second-order valence-corrected chi connectivity index (χ2v) is 5.86. The van der Waals surface area contributed by atoms with Crippen molar-refractivity contribution in [2.45, 2.75) is 13.3 Å². The molecular weight excluding hydrogens is 346 g/mol. The third-order valence-corrected chi connectivity index (χ3v) is 3.87. The summed E-state index contributed by atoms with van der Waals surface area (Å²) in [5.74, 6) is 1.16. The van der Waals surface area contributed by atoms with Crippen LogP contribution in [0.25, 0.3) is 11.4 Å². The molecule has 3 heterocycles. The van der Waals surface area contributed by atoms with E-state index < -0.39 is 0 Å². The standard InChI is InChI=1S/C19H15N5O3/c1-12-10-16(23-26-12)19(25)21-15-5-3-2-4-14(15)11-17-22-18(24-27-17)13-6-8-20-9-7-13/h2-10H,11H2,1H3,(H,21,25). The molecule has 0 bridgehead atoms. The van der Waals surface area contributed by atoms with Crippen molar-refractivity contribution in [2.24, 2.45) is 0 Å². The first-order valence-electron chi connectivity index (χ1n) is 8.24. The zero-order chi connectivity index (χ0) is 18.6. The van der Waals surface area contributed by atoms with Gasteiger partial charge in [-0.3, -0.25) is 9.78 Å². The Labute approximate surface area is 154 Å². The molecule has 0 fully saturated rings. The molecule has 1 aromatic carbocycles. The Bertz CT molecular complexity index is 1070. The fourth-order valence-electron chi connectivity index (χ4n) is 2.56. The molecule has 4 aromatic rings. The Balaban J connectivity index is 1.53. The van der Waals surface area contributed by atoms with Crippen LogP contribution in [0.2, 0.25) is 0 Å². The number of aryl methyl sites for hydroxylation is 1. The van der Waals surface area contributed by atoms with Crippen LogP contribution in [0, 0.1) is 6.92 Å². The molecule has 27 heavy (non-hydrogen) atoms. The molecule has 0 saturated heterocycles. The van der Waals surface area contributed by atoms with Crippen LogP contribution >= 0.6 is 0 Å². The summed E-state index contributed by atoms with van der Waals surface area (Å²) >= 11 is 0. The van der Waals surface area contributed by atoms with E-state index in [0.717, 1.165) is 11.1 Å². The van der Waals surface area contributed by atoms with Gasteiger partial charge in [0, 0.05) is 29.7 Å². The van der Waals surface area contributed by atoms with Gasteiger partial charge in [0.05, 0.1) is 6.42 Å². The Morgan fingerprint density at radius 2 is 1.89 bits per heavy atom. The van der Waals surface area contributed by atoms with Crippen molar-refractivity contribution in [3.8, 4) is 11.4 Å². The smallest absolute Gasteiger partial charge is 0.277 e. The van der Waals surface area contributed by atoms with Crippen LogP contribution in [0.1, 0.15) is 27.7 Å². The Hall–Kier alpha value is -3.81. The number of carbonyl (C=O) groups is 1. The van der Waals surface area contributed by atoms with Crippen molar-refractivity contribution in [3.63, 3.8) is 0 Å². The van der Waals surface area contributed by atoms with Gasteiger partial charge in [0.25, 0.3) is 5.91 Å². The van der Waals surface area contributed by atoms with Gasteiger partial charge in [0.1, 0.15) is 5.76 Å². The minimum atomic E-state index is -0.345. The number of pyridine rings is 1. The number of nitrogens with one attached hydrogen (secondary N) is 1. The van der Waals surface area contributed by atoms with Gasteiger partial charge in [0.2, 0.25) is 11.7 Å². The van der Waals surface area contributed by atoms with Gasteiger partial charge in [-0.05, 0) is 30.7 Å². The quantitative estimate of drug-likeness (QED) is 0.581. The molecule has 1 amide bonds. The first-order valence-corrected chi connectivity index (χ1v) is 8.24. The SMILES string of the molecule is Cc1cc(C(=O)Nc2ccccc2Cc2nc(-c3ccncc3)no2)no1. The average Bonchev–Trinajstić information content (AvgIpc) is 3.33. The van der Waals surface area contributed by atoms with E-state index in [1.165, 1.54) is 0 Å². The molecule has 0 aliphatic rings. The van der Waals surface area contributed by atoms with Gasteiger partial charge in [-0.1, -0.05) is 28.5 Å². The van der Waals surface area contributed by atoms with Gasteiger partial charge in [-0.25, -0.2) is 0 Å². The number of amides is 1. The number of nitrogens with zero attached hydrogens (tertiary/aromatic N) is 4. The predicted molar refractivity (Wildman–Crippen MR) is 96.0 cm³/mol. The second-order valence-electron chi connectivity index (χ2n) is 5.86. The number of benzene rings is 1. The van der Waals surface area contributed by atoms with Crippen LogP contribution in [0.3, 0.4) is 0 Å². The molecule has 3 aromatic heterocycles. The fraction of sp³-hybridized carbons (Fsp3) is 0.105. The Kier molecular flexibility index (Phi) is 4.44. The summed E-state index contributed by atoms with van der Waals surface area (Å²) in [6.07, 6.45) is 3.72. The van der Waals surface area contributed by atoms with Crippen molar-refractivity contribution in [1.29, 1.82) is 0 Å². The van der Waals surface area contributed by atoms with Gasteiger partial charge in [-0.15, -0.1) is 0 Å². The molecule has 0 aliphatic heterocycles. The molecule has 0 aliphatic carbocycles. The maximum Gasteiger partial charge on any atom is 0.277 e. The summed E-state index contributed by atoms with van der Waals surface area (Å²) in [6.45, 7) is 1.73. The molecule has 0 spiro atoms. The maximum atomic E-state index is 12.3. The van der Waals surface area contributed by atoms with Crippen LogP contribution in [0.15, 0.2) is 63.9 Å². The average molecular weight is 361 g/mol. The van der Waals surface area contributed by atoms with E-state index in [1.807, 2.05) is 30.3 Å². The first-order chi connectivity index (χ1) is 13.2. The van der Waals surface area contributed by atoms with E-state index in [9.17, 15) is 4.79 Å². The summed E-state index contributed by atoms with van der Waals surface area (Å²) in [6, 6.07) is 12.6. The summed E-state index contributed by atoms with van der Waals surface area (Å²) in [5, 5.41) is 10.6. The monoisotopic (exact) mass is 361 g/mol. The molecular formula is C19H15N5O3. The number of hydrogen-bond donors (Lipinski definition) is 1. The molecule has 0 atom stereocenters. The number of para-hydroxylation sites is 1. The van der Waals surface area contributed by atoms with Crippen LogP contribution in [0.4, 0.5) is 5.69 Å². The normalized spacial score (nSPS) is 10.7. The lowest BCUT2D eigenvalue weighted by Crippen LogP contribution is -2.13. The Morgan fingerprint density at radius 1 is 1.07 bits per heavy atom. The van der Waals surface area contributed by atoms with Crippen molar-refractivity contribution in [2.75, 3.05) is 5.32 Å². The van der Waals surface area contributed by atoms with Crippen molar-refractivity contribution in [3.05, 3.63) is 77.8 Å². The van der Waals surface area contributed by atoms with Crippen LogP contribution in [-0.2, 0) is 6.42 Å². The summed E-state index contributed by atoms with van der Waals surface area (Å²) in [5.41, 5.74) is 2.53. The van der Waals surface area contributed by atoms with Crippen LogP contribution < -0.4 is 5.32 Å². The highest BCUT2D eigenvalue weighted by Gasteiger charge is 2.15. The van der Waals surface area contributed by atoms with Gasteiger partial charge >= 0.3 is 0 Å². The summed E-state index contributed by atoms with van der Waals surface area (Å²) in [4.78, 5) is 20.7. The molecule has 8 nitrogen and oxygen atoms in total. The number of carbonyl (C=O) groups excluding carboxylic acids is 1. The second kappa shape index (κ2) is 7.20. The van der Waals surface area contributed by atoms with E-state index in [0.29, 0.717) is 29.6 Å². The molecule has 0 radical (unpaired) electrons. The van der Waals surface area contributed by atoms with Gasteiger partial charge < -0.3 is 14.4 Å². The fourth-order valence-corrected chi connectivity index (χ4v) is 2.56. The highest BCUT2D eigenvalue weighted by atomic mass is 16.5. The zero-order valence-corrected chi connectivity index (χ0v) is 14.4. The van der Waals surface area contributed by atoms with Crippen molar-refractivity contribution in [1.82, 2.24) is 20.3 Å². The largest absolute Gasteiger partial charge is 0.361 e. The molecule has 134 valence electrons. The van der Waals surface area contributed by atoms with E-state index in [1.54, 1.807) is 31.5 Å². The van der Waals surface area contributed by atoms with E-state index in [2.05, 4.69) is 25.6 Å². The van der Waals surface area contributed by atoms with Gasteiger partial charge in [-0.2, -0.15) is 4.98 Å². The molecule has 0 unspecified atom stereocenters. The maximum absolute atomic E-state index is 12.3. The highest BCUT2D eigenvalue weighted by Crippen LogP contribution is 2.21. The predicted octanol–water partition coefficient (Wildman–Crippen LogP) is 3.27. The van der Waals surface area contributed by atoms with Crippen LogP contribution in [-0.4, -0.2) is 26.2 Å². The molecule has 1 N–H and O–H groups in total. The molecule has 0 saturated carbocycles. The summed E-state index contributed by atoms with van der Waals surface area (Å²) < 4.78 is 10.3. The van der Waals surface area contributed by atoms with E-state index >= 15 is 0 Å². The lowest BCUT2D eigenvalue weighted by molar-refractivity contribution is 0.101. The third-order valence-electron chi connectivity index (χ3n) is 3.87. The van der Waals surface area contributed by atoms with Crippen molar-refractivity contribution >= 4 is 11.6 Å². The number of rotatable bonds is 5. The molecule has 8 heteroatoms. The van der Waals surface area contributed by atoms with E-state index in [-0.39, 0.29) is 11.6 Å².